The molecule has 118 valence electrons. The number of carbonyl (C=O) groups is 1. The highest BCUT2D eigenvalue weighted by molar-refractivity contribution is 6.30. The molecule has 0 saturated carbocycles. The van der Waals surface area contributed by atoms with Crippen LogP contribution in [-0.4, -0.2) is 34.6 Å². The van der Waals surface area contributed by atoms with E-state index in [0.717, 1.165) is 5.56 Å². The standard InChI is InChI=1S/C17H26ClNO2/c1-6-19(11-17(4,5)21)16(20)15(12(2)3)13-7-9-14(18)10-8-13/h7-10,12,15,21H,6,11H2,1-5H3. The Morgan fingerprint density at radius 3 is 2.19 bits per heavy atom. The minimum Gasteiger partial charge on any atom is -0.389 e. The number of benzene rings is 1. The smallest absolute Gasteiger partial charge is 0.230 e. The Hall–Kier alpha value is -1.06. The van der Waals surface area contributed by atoms with Crippen molar-refractivity contribution in [3.05, 3.63) is 34.9 Å². The zero-order valence-corrected chi connectivity index (χ0v) is 14.3. The van der Waals surface area contributed by atoms with Gasteiger partial charge in [-0.1, -0.05) is 37.6 Å². The molecule has 1 aromatic rings. The molecule has 1 N–H and O–H groups in total. The molecule has 1 aromatic carbocycles. The van der Waals surface area contributed by atoms with Crippen LogP contribution in [0.4, 0.5) is 0 Å². The lowest BCUT2D eigenvalue weighted by Crippen LogP contribution is -2.45. The normalized spacial score (nSPS) is 13.3. The highest BCUT2D eigenvalue weighted by Gasteiger charge is 2.30. The van der Waals surface area contributed by atoms with E-state index in [1.54, 1.807) is 18.7 Å². The predicted octanol–water partition coefficient (Wildman–Crippen LogP) is 3.70. The van der Waals surface area contributed by atoms with Gasteiger partial charge in [0.15, 0.2) is 0 Å². The number of halogens is 1. The summed E-state index contributed by atoms with van der Waals surface area (Å²) in [5, 5.41) is 10.6. The zero-order valence-electron chi connectivity index (χ0n) is 13.6. The molecule has 0 aliphatic rings. The topological polar surface area (TPSA) is 40.5 Å². The van der Waals surface area contributed by atoms with Gasteiger partial charge in [-0.05, 0) is 44.4 Å². The quantitative estimate of drug-likeness (QED) is 0.870. The number of hydrogen-bond donors (Lipinski definition) is 1. The van der Waals surface area contributed by atoms with Gasteiger partial charge in [-0.15, -0.1) is 0 Å². The van der Waals surface area contributed by atoms with E-state index in [0.29, 0.717) is 18.1 Å². The minimum absolute atomic E-state index is 0.0527. The molecule has 4 heteroatoms. The van der Waals surface area contributed by atoms with Gasteiger partial charge in [-0.25, -0.2) is 0 Å². The van der Waals surface area contributed by atoms with E-state index in [1.807, 2.05) is 45.0 Å². The van der Waals surface area contributed by atoms with Crippen molar-refractivity contribution in [1.29, 1.82) is 0 Å². The number of nitrogens with zero attached hydrogens (tertiary/aromatic N) is 1. The highest BCUT2D eigenvalue weighted by Crippen LogP contribution is 2.28. The third-order valence-corrected chi connectivity index (χ3v) is 3.69. The van der Waals surface area contributed by atoms with Gasteiger partial charge in [0.05, 0.1) is 11.5 Å². The van der Waals surface area contributed by atoms with Crippen LogP contribution in [0.3, 0.4) is 0 Å². The van der Waals surface area contributed by atoms with Crippen molar-refractivity contribution in [2.24, 2.45) is 5.92 Å². The molecule has 1 rings (SSSR count). The Bertz CT molecular complexity index is 463. The number of rotatable bonds is 6. The number of likely N-dealkylation sites (N-methyl/N-ethyl adjacent to an activating group) is 1. The van der Waals surface area contributed by atoms with Gasteiger partial charge in [-0.3, -0.25) is 4.79 Å². The molecule has 21 heavy (non-hydrogen) atoms. The maximum atomic E-state index is 12.9. The molecule has 1 atom stereocenters. The van der Waals surface area contributed by atoms with Crippen LogP contribution in [0.1, 0.15) is 46.1 Å². The van der Waals surface area contributed by atoms with E-state index in [2.05, 4.69) is 0 Å². The second kappa shape index (κ2) is 7.28. The van der Waals surface area contributed by atoms with Crippen molar-refractivity contribution in [3.63, 3.8) is 0 Å². The van der Waals surface area contributed by atoms with E-state index in [-0.39, 0.29) is 17.7 Å². The number of aliphatic hydroxyl groups is 1. The molecule has 0 heterocycles. The van der Waals surface area contributed by atoms with Crippen LogP contribution in [0.25, 0.3) is 0 Å². The second-order valence-electron chi connectivity index (χ2n) is 6.44. The molecule has 1 unspecified atom stereocenters. The summed E-state index contributed by atoms with van der Waals surface area (Å²) in [6, 6.07) is 7.43. The van der Waals surface area contributed by atoms with Gasteiger partial charge >= 0.3 is 0 Å². The van der Waals surface area contributed by atoms with Gasteiger partial charge in [-0.2, -0.15) is 0 Å². The molecule has 0 fully saturated rings. The summed E-state index contributed by atoms with van der Waals surface area (Å²) >= 11 is 5.92. The molecule has 0 saturated heterocycles. The lowest BCUT2D eigenvalue weighted by molar-refractivity contribution is -0.136. The molecule has 3 nitrogen and oxygen atoms in total. The Balaban J connectivity index is 3.04. The monoisotopic (exact) mass is 311 g/mol. The van der Waals surface area contributed by atoms with Crippen molar-refractivity contribution in [2.45, 2.75) is 46.1 Å². The van der Waals surface area contributed by atoms with E-state index in [9.17, 15) is 9.90 Å². The summed E-state index contributed by atoms with van der Waals surface area (Å²) in [4.78, 5) is 14.6. The average Bonchev–Trinajstić information content (AvgIpc) is 2.37. The third kappa shape index (κ3) is 5.33. The summed E-state index contributed by atoms with van der Waals surface area (Å²) in [6.07, 6.45) is 0. The van der Waals surface area contributed by atoms with Crippen LogP contribution in [0.15, 0.2) is 24.3 Å². The highest BCUT2D eigenvalue weighted by atomic mass is 35.5. The van der Waals surface area contributed by atoms with Crippen molar-refractivity contribution >= 4 is 17.5 Å². The summed E-state index contributed by atoms with van der Waals surface area (Å²) in [5.74, 6) is 0.0102. The first kappa shape index (κ1) is 18.0. The zero-order chi connectivity index (χ0) is 16.2. The predicted molar refractivity (Wildman–Crippen MR) is 87.6 cm³/mol. The Kier molecular flexibility index (Phi) is 6.24. The average molecular weight is 312 g/mol. The lowest BCUT2D eigenvalue weighted by atomic mass is 9.87. The van der Waals surface area contributed by atoms with Crippen LogP contribution in [-0.2, 0) is 4.79 Å². The first-order valence-electron chi connectivity index (χ1n) is 7.42. The number of carbonyl (C=O) groups excluding carboxylic acids is 1. The van der Waals surface area contributed by atoms with Crippen LogP contribution in [0.5, 0.6) is 0 Å². The summed E-state index contributed by atoms with van der Waals surface area (Å²) in [6.45, 7) is 10.4. The maximum Gasteiger partial charge on any atom is 0.230 e. The van der Waals surface area contributed by atoms with Gasteiger partial charge < -0.3 is 10.0 Å². The molecule has 0 bridgehead atoms. The molecule has 1 amide bonds. The fourth-order valence-electron chi connectivity index (χ4n) is 2.49. The number of amides is 1. The van der Waals surface area contributed by atoms with Gasteiger partial charge in [0.1, 0.15) is 0 Å². The molecule has 0 aliphatic heterocycles. The second-order valence-corrected chi connectivity index (χ2v) is 6.87. The molecule has 0 aliphatic carbocycles. The van der Waals surface area contributed by atoms with Gasteiger partial charge in [0.25, 0.3) is 0 Å². The SMILES string of the molecule is CCN(CC(C)(C)O)C(=O)C(c1ccc(Cl)cc1)C(C)C. The van der Waals surface area contributed by atoms with Gasteiger partial charge in [0.2, 0.25) is 5.91 Å². The van der Waals surface area contributed by atoms with Crippen molar-refractivity contribution in [1.82, 2.24) is 4.90 Å². The van der Waals surface area contributed by atoms with Gasteiger partial charge in [0, 0.05) is 18.1 Å². The van der Waals surface area contributed by atoms with E-state index in [4.69, 9.17) is 11.6 Å². The fraction of sp³-hybridized carbons (Fsp3) is 0.588. The molecule has 0 aromatic heterocycles. The maximum absolute atomic E-state index is 12.9. The number of hydrogen-bond acceptors (Lipinski definition) is 2. The molecule has 0 spiro atoms. The van der Waals surface area contributed by atoms with Crippen LogP contribution < -0.4 is 0 Å². The van der Waals surface area contributed by atoms with Crippen LogP contribution in [0.2, 0.25) is 5.02 Å². The van der Waals surface area contributed by atoms with E-state index < -0.39 is 5.60 Å². The summed E-state index contributed by atoms with van der Waals surface area (Å²) in [5.41, 5.74) is 0.0707. The summed E-state index contributed by atoms with van der Waals surface area (Å²) in [7, 11) is 0. The Morgan fingerprint density at radius 1 is 1.29 bits per heavy atom. The third-order valence-electron chi connectivity index (χ3n) is 3.43. The first-order chi connectivity index (χ1) is 9.65. The van der Waals surface area contributed by atoms with E-state index in [1.165, 1.54) is 0 Å². The van der Waals surface area contributed by atoms with Crippen LogP contribution in [0, 0.1) is 5.92 Å². The largest absolute Gasteiger partial charge is 0.389 e. The molecule has 0 radical (unpaired) electrons. The molecular weight excluding hydrogens is 286 g/mol. The fourth-order valence-corrected chi connectivity index (χ4v) is 2.62. The first-order valence-corrected chi connectivity index (χ1v) is 7.80. The minimum atomic E-state index is -0.896. The van der Waals surface area contributed by atoms with Crippen molar-refractivity contribution in [2.75, 3.05) is 13.1 Å². The van der Waals surface area contributed by atoms with Crippen LogP contribution >= 0.6 is 11.6 Å². The molecular formula is C17H26ClNO2. The lowest BCUT2D eigenvalue weighted by Gasteiger charge is -2.32. The Labute approximate surface area is 132 Å². The van der Waals surface area contributed by atoms with Crippen molar-refractivity contribution < 1.29 is 9.90 Å². The summed E-state index contributed by atoms with van der Waals surface area (Å²) < 4.78 is 0. The van der Waals surface area contributed by atoms with E-state index >= 15 is 0 Å². The Morgan fingerprint density at radius 2 is 1.81 bits per heavy atom. The van der Waals surface area contributed by atoms with Crippen molar-refractivity contribution in [3.8, 4) is 0 Å².